The predicted octanol–water partition coefficient (Wildman–Crippen LogP) is 1.63. The zero-order valence-electron chi connectivity index (χ0n) is 11.7. The van der Waals surface area contributed by atoms with Gasteiger partial charge in [0.1, 0.15) is 5.69 Å². The molecule has 0 bridgehead atoms. The number of nitrogens with one attached hydrogen (secondary N) is 2. The van der Waals surface area contributed by atoms with E-state index in [2.05, 4.69) is 15.5 Å². The van der Waals surface area contributed by atoms with Crippen LogP contribution in [0.5, 0.6) is 0 Å². The molecular formula is C13H15N5O3. The van der Waals surface area contributed by atoms with Crippen molar-refractivity contribution in [3.8, 4) is 0 Å². The zero-order valence-corrected chi connectivity index (χ0v) is 11.7. The molecule has 2 rings (SSSR count). The van der Waals surface area contributed by atoms with E-state index in [1.807, 2.05) is 0 Å². The lowest BCUT2D eigenvalue weighted by molar-refractivity contribution is -0.384. The minimum absolute atomic E-state index is 0.137. The van der Waals surface area contributed by atoms with Crippen LogP contribution in [0.2, 0.25) is 0 Å². The van der Waals surface area contributed by atoms with Crippen molar-refractivity contribution < 1.29 is 9.72 Å². The van der Waals surface area contributed by atoms with Gasteiger partial charge in [-0.25, -0.2) is 0 Å². The van der Waals surface area contributed by atoms with Gasteiger partial charge in [0.25, 0.3) is 11.6 Å². The van der Waals surface area contributed by atoms with Gasteiger partial charge in [0.15, 0.2) is 0 Å². The van der Waals surface area contributed by atoms with E-state index in [9.17, 15) is 14.9 Å². The SMILES string of the molecule is CN(C)C(=O)c1ccc(NCc2ccn[nH]2)c([N+](=O)[O-])c1. The van der Waals surface area contributed by atoms with Gasteiger partial charge < -0.3 is 10.2 Å². The minimum Gasteiger partial charge on any atom is -0.374 e. The van der Waals surface area contributed by atoms with Gasteiger partial charge in [0, 0.05) is 31.9 Å². The average molecular weight is 289 g/mol. The highest BCUT2D eigenvalue weighted by molar-refractivity contribution is 5.95. The summed E-state index contributed by atoms with van der Waals surface area (Å²) in [5.41, 5.74) is 1.30. The molecule has 0 spiro atoms. The summed E-state index contributed by atoms with van der Waals surface area (Å²) in [6, 6.07) is 6.14. The van der Waals surface area contributed by atoms with E-state index in [0.29, 0.717) is 12.2 Å². The van der Waals surface area contributed by atoms with Crippen molar-refractivity contribution in [3.05, 3.63) is 51.8 Å². The summed E-state index contributed by atoms with van der Waals surface area (Å²) in [7, 11) is 3.19. The Kier molecular flexibility index (Phi) is 4.17. The number of rotatable bonds is 5. The second-order valence-electron chi connectivity index (χ2n) is 4.62. The van der Waals surface area contributed by atoms with Crippen LogP contribution in [-0.4, -0.2) is 40.0 Å². The number of amides is 1. The first-order chi connectivity index (χ1) is 9.99. The number of anilines is 1. The Morgan fingerprint density at radius 2 is 2.19 bits per heavy atom. The highest BCUT2D eigenvalue weighted by Gasteiger charge is 2.18. The molecule has 8 heteroatoms. The molecule has 0 fully saturated rings. The van der Waals surface area contributed by atoms with Gasteiger partial charge in [-0.05, 0) is 18.2 Å². The smallest absolute Gasteiger partial charge is 0.293 e. The molecule has 110 valence electrons. The van der Waals surface area contributed by atoms with Gasteiger partial charge in [-0.2, -0.15) is 5.10 Å². The van der Waals surface area contributed by atoms with Crippen molar-refractivity contribution in [1.82, 2.24) is 15.1 Å². The molecule has 2 N–H and O–H groups in total. The van der Waals surface area contributed by atoms with Gasteiger partial charge in [0.2, 0.25) is 0 Å². The van der Waals surface area contributed by atoms with E-state index in [-0.39, 0.29) is 17.2 Å². The maximum absolute atomic E-state index is 11.8. The number of carbonyl (C=O) groups is 1. The van der Waals surface area contributed by atoms with Crippen molar-refractivity contribution in [2.75, 3.05) is 19.4 Å². The number of carbonyl (C=O) groups excluding carboxylic acids is 1. The lowest BCUT2D eigenvalue weighted by atomic mass is 10.1. The van der Waals surface area contributed by atoms with Gasteiger partial charge in [-0.15, -0.1) is 0 Å². The van der Waals surface area contributed by atoms with Gasteiger partial charge >= 0.3 is 0 Å². The number of aromatic nitrogens is 2. The van der Waals surface area contributed by atoms with Crippen LogP contribution in [0.4, 0.5) is 11.4 Å². The van der Waals surface area contributed by atoms with E-state index >= 15 is 0 Å². The summed E-state index contributed by atoms with van der Waals surface area (Å²) in [6.45, 7) is 0.377. The summed E-state index contributed by atoms with van der Waals surface area (Å²) in [5.74, 6) is -0.279. The maximum atomic E-state index is 11.8. The first-order valence-corrected chi connectivity index (χ1v) is 6.21. The molecule has 21 heavy (non-hydrogen) atoms. The van der Waals surface area contributed by atoms with Crippen LogP contribution < -0.4 is 5.32 Å². The predicted molar refractivity (Wildman–Crippen MR) is 77.0 cm³/mol. The number of hydrogen-bond acceptors (Lipinski definition) is 5. The van der Waals surface area contributed by atoms with Crippen LogP contribution in [0.15, 0.2) is 30.5 Å². The topological polar surface area (TPSA) is 104 Å². The lowest BCUT2D eigenvalue weighted by Crippen LogP contribution is -2.21. The zero-order chi connectivity index (χ0) is 15.4. The number of nitro groups is 1. The van der Waals surface area contributed by atoms with Crippen molar-refractivity contribution >= 4 is 17.3 Å². The van der Waals surface area contributed by atoms with Crippen LogP contribution in [0.25, 0.3) is 0 Å². The Balaban J connectivity index is 2.25. The lowest BCUT2D eigenvalue weighted by Gasteiger charge is -2.11. The Morgan fingerprint density at radius 3 is 2.76 bits per heavy atom. The van der Waals surface area contributed by atoms with Crippen LogP contribution in [0, 0.1) is 10.1 Å². The fraction of sp³-hybridized carbons (Fsp3) is 0.231. The molecule has 8 nitrogen and oxygen atoms in total. The maximum Gasteiger partial charge on any atom is 0.293 e. The normalized spacial score (nSPS) is 10.2. The summed E-state index contributed by atoms with van der Waals surface area (Å²) < 4.78 is 0. The molecule has 1 amide bonds. The number of benzene rings is 1. The third-order valence-corrected chi connectivity index (χ3v) is 2.88. The fourth-order valence-corrected chi connectivity index (χ4v) is 1.80. The molecule has 0 radical (unpaired) electrons. The Bertz CT molecular complexity index is 652. The molecule has 0 saturated heterocycles. The molecule has 0 aliphatic heterocycles. The third-order valence-electron chi connectivity index (χ3n) is 2.88. The standard InChI is InChI=1S/C13H15N5O3/c1-17(2)13(19)9-3-4-11(12(7-9)18(20)21)14-8-10-5-6-15-16-10/h3-7,14H,8H2,1-2H3,(H,15,16). The largest absolute Gasteiger partial charge is 0.374 e. The second kappa shape index (κ2) is 6.04. The monoisotopic (exact) mass is 289 g/mol. The van der Waals surface area contributed by atoms with Crippen LogP contribution in [-0.2, 0) is 6.54 Å². The molecule has 0 aliphatic carbocycles. The highest BCUT2D eigenvalue weighted by atomic mass is 16.6. The number of H-pyrrole nitrogens is 1. The van der Waals surface area contributed by atoms with Crippen molar-refractivity contribution in [2.24, 2.45) is 0 Å². The molecule has 2 aromatic rings. The summed E-state index contributed by atoms with van der Waals surface area (Å²) in [6.07, 6.45) is 1.60. The first kappa shape index (κ1) is 14.5. The number of aromatic amines is 1. The Hall–Kier alpha value is -2.90. The molecule has 0 atom stereocenters. The van der Waals surface area contributed by atoms with Crippen molar-refractivity contribution in [2.45, 2.75) is 6.54 Å². The van der Waals surface area contributed by atoms with E-state index < -0.39 is 4.92 Å². The molecule has 1 aromatic heterocycles. The molecule has 0 unspecified atom stereocenters. The van der Waals surface area contributed by atoms with Crippen LogP contribution >= 0.6 is 0 Å². The summed E-state index contributed by atoms with van der Waals surface area (Å²) in [5, 5.41) is 20.7. The molecule has 0 saturated carbocycles. The third kappa shape index (κ3) is 3.35. The van der Waals surface area contributed by atoms with Crippen molar-refractivity contribution in [1.29, 1.82) is 0 Å². The van der Waals surface area contributed by atoms with Crippen LogP contribution in [0.1, 0.15) is 16.1 Å². The summed E-state index contributed by atoms with van der Waals surface area (Å²) >= 11 is 0. The number of nitro benzene ring substituents is 1. The second-order valence-corrected chi connectivity index (χ2v) is 4.62. The van der Waals surface area contributed by atoms with Gasteiger partial charge in [0.05, 0.1) is 17.2 Å². The molecule has 0 aliphatic rings. The van der Waals surface area contributed by atoms with Crippen LogP contribution in [0.3, 0.4) is 0 Å². The first-order valence-electron chi connectivity index (χ1n) is 6.21. The number of hydrogen-bond donors (Lipinski definition) is 2. The van der Waals surface area contributed by atoms with E-state index in [1.165, 1.54) is 17.0 Å². The fourth-order valence-electron chi connectivity index (χ4n) is 1.80. The molecular weight excluding hydrogens is 274 g/mol. The Labute approximate surface area is 120 Å². The van der Waals surface area contributed by atoms with Gasteiger partial charge in [-0.3, -0.25) is 20.0 Å². The van der Waals surface area contributed by atoms with Crippen molar-refractivity contribution in [3.63, 3.8) is 0 Å². The molecule has 1 heterocycles. The Morgan fingerprint density at radius 1 is 1.43 bits per heavy atom. The quantitative estimate of drug-likeness (QED) is 0.643. The minimum atomic E-state index is -0.512. The molecule has 1 aromatic carbocycles. The number of nitrogens with zero attached hydrogens (tertiary/aromatic N) is 3. The van der Waals surface area contributed by atoms with E-state index in [0.717, 1.165) is 5.69 Å². The van der Waals surface area contributed by atoms with E-state index in [1.54, 1.807) is 32.4 Å². The summed E-state index contributed by atoms with van der Waals surface area (Å²) in [4.78, 5) is 23.9. The average Bonchev–Trinajstić information content (AvgIpc) is 2.97. The van der Waals surface area contributed by atoms with E-state index in [4.69, 9.17) is 0 Å². The van der Waals surface area contributed by atoms with Gasteiger partial charge in [-0.1, -0.05) is 0 Å². The highest BCUT2D eigenvalue weighted by Crippen LogP contribution is 2.26.